The van der Waals surface area contributed by atoms with E-state index in [0.717, 1.165) is 16.8 Å². The van der Waals surface area contributed by atoms with E-state index in [4.69, 9.17) is 4.74 Å². The monoisotopic (exact) mass is 347 g/mol. The quantitative estimate of drug-likeness (QED) is 0.807. The average Bonchev–Trinajstić information content (AvgIpc) is 2.45. The van der Waals surface area contributed by atoms with Crippen LogP contribution in [0.15, 0.2) is 46.9 Å². The van der Waals surface area contributed by atoms with E-state index in [-0.39, 0.29) is 0 Å². The highest BCUT2D eigenvalue weighted by Gasteiger charge is 2.07. The molecule has 1 N–H and O–H groups in total. The molecule has 0 unspecified atom stereocenters. The van der Waals surface area contributed by atoms with Gasteiger partial charge in [0, 0.05) is 22.6 Å². The molecule has 2 nitrogen and oxygen atoms in total. The van der Waals surface area contributed by atoms with E-state index >= 15 is 0 Å². The van der Waals surface area contributed by atoms with Crippen molar-refractivity contribution in [1.82, 2.24) is 5.32 Å². The number of hydrogen-bond acceptors (Lipinski definition) is 2. The largest absolute Gasteiger partial charge is 0.489 e. The fourth-order valence-corrected chi connectivity index (χ4v) is 2.48. The van der Waals surface area contributed by atoms with Gasteiger partial charge in [0.2, 0.25) is 0 Å². The number of nitrogens with one attached hydrogen (secondary N) is 1. The third kappa shape index (κ3) is 4.87. The summed E-state index contributed by atoms with van der Waals surface area (Å²) in [5.74, 6) is 0.939. The Bertz CT molecular complexity index is 596. The molecule has 2 aromatic rings. The third-order valence-corrected chi connectivity index (χ3v) is 3.86. The molecule has 0 aliphatic heterocycles. The first-order chi connectivity index (χ1) is 10.1. The lowest BCUT2D eigenvalue weighted by atomic mass is 10.1. The minimum Gasteiger partial charge on any atom is -0.489 e. The van der Waals surface area contributed by atoms with Gasteiger partial charge in [0.25, 0.3) is 0 Å². The van der Waals surface area contributed by atoms with E-state index in [9.17, 15) is 0 Å². The number of rotatable bonds is 6. The first-order valence-electron chi connectivity index (χ1n) is 7.25. The molecule has 0 saturated heterocycles. The Morgan fingerprint density at radius 3 is 2.57 bits per heavy atom. The fourth-order valence-electron chi connectivity index (χ4n) is 2.07. The van der Waals surface area contributed by atoms with Crippen LogP contribution < -0.4 is 10.1 Å². The van der Waals surface area contributed by atoms with Gasteiger partial charge < -0.3 is 10.1 Å². The lowest BCUT2D eigenvalue weighted by Crippen LogP contribution is -2.22. The zero-order valence-corrected chi connectivity index (χ0v) is 14.4. The van der Waals surface area contributed by atoms with Crippen LogP contribution in [0, 0.1) is 6.92 Å². The Kier molecular flexibility index (Phi) is 5.83. The number of hydrogen-bond donors (Lipinski definition) is 1. The van der Waals surface area contributed by atoms with Crippen LogP contribution in [0.5, 0.6) is 5.75 Å². The molecule has 0 saturated carbocycles. The molecule has 0 amide bonds. The SMILES string of the molecule is Cc1ccccc1COc1ccc(Br)cc1CNC(C)C. The van der Waals surface area contributed by atoms with Gasteiger partial charge in [0.05, 0.1) is 0 Å². The van der Waals surface area contributed by atoms with Crippen LogP contribution in [-0.4, -0.2) is 6.04 Å². The van der Waals surface area contributed by atoms with Crippen molar-refractivity contribution in [3.8, 4) is 5.75 Å². The summed E-state index contributed by atoms with van der Waals surface area (Å²) in [6.45, 7) is 7.81. The second-order valence-electron chi connectivity index (χ2n) is 5.50. The first-order valence-corrected chi connectivity index (χ1v) is 8.04. The maximum Gasteiger partial charge on any atom is 0.124 e. The summed E-state index contributed by atoms with van der Waals surface area (Å²) in [5, 5.41) is 3.44. The molecule has 112 valence electrons. The van der Waals surface area contributed by atoms with Gasteiger partial charge >= 0.3 is 0 Å². The second kappa shape index (κ2) is 7.62. The maximum absolute atomic E-state index is 6.03. The highest BCUT2D eigenvalue weighted by molar-refractivity contribution is 9.10. The van der Waals surface area contributed by atoms with Crippen LogP contribution in [-0.2, 0) is 13.2 Å². The van der Waals surface area contributed by atoms with Crippen molar-refractivity contribution in [3.63, 3.8) is 0 Å². The summed E-state index contributed by atoms with van der Waals surface area (Å²) in [4.78, 5) is 0. The molecule has 3 heteroatoms. The molecule has 2 rings (SSSR count). The van der Waals surface area contributed by atoms with Crippen molar-refractivity contribution in [3.05, 3.63) is 63.6 Å². The molecule has 0 heterocycles. The summed E-state index contributed by atoms with van der Waals surface area (Å²) in [6.07, 6.45) is 0. The van der Waals surface area contributed by atoms with Crippen molar-refractivity contribution in [2.75, 3.05) is 0 Å². The Balaban J connectivity index is 2.10. The fraction of sp³-hybridized carbons (Fsp3) is 0.333. The van der Waals surface area contributed by atoms with Crippen molar-refractivity contribution in [2.45, 2.75) is 40.0 Å². The Morgan fingerprint density at radius 2 is 1.86 bits per heavy atom. The third-order valence-electron chi connectivity index (χ3n) is 3.37. The number of ether oxygens (including phenoxy) is 1. The van der Waals surface area contributed by atoms with Crippen LogP contribution in [0.3, 0.4) is 0 Å². The molecule has 0 fully saturated rings. The predicted octanol–water partition coefficient (Wildman–Crippen LogP) is 4.83. The minimum atomic E-state index is 0.452. The standard InChI is InChI=1S/C18H22BrNO/c1-13(2)20-11-16-10-17(19)8-9-18(16)21-12-15-7-5-4-6-14(15)3/h4-10,13,20H,11-12H2,1-3H3. The van der Waals surface area contributed by atoms with E-state index in [0.29, 0.717) is 12.6 Å². The number of halogens is 1. The van der Waals surface area contributed by atoms with E-state index < -0.39 is 0 Å². The molecule has 0 radical (unpaired) electrons. The lowest BCUT2D eigenvalue weighted by Gasteiger charge is -2.15. The maximum atomic E-state index is 6.03. The molecule has 0 bridgehead atoms. The molecule has 0 aliphatic rings. The van der Waals surface area contributed by atoms with Crippen LogP contribution >= 0.6 is 15.9 Å². The van der Waals surface area contributed by atoms with Gasteiger partial charge in [-0.05, 0) is 36.2 Å². The topological polar surface area (TPSA) is 21.3 Å². The minimum absolute atomic E-state index is 0.452. The van der Waals surface area contributed by atoms with Crippen molar-refractivity contribution in [1.29, 1.82) is 0 Å². The van der Waals surface area contributed by atoms with Crippen LogP contribution in [0.1, 0.15) is 30.5 Å². The first kappa shape index (κ1) is 16.1. The molecular formula is C18H22BrNO. The molecular weight excluding hydrogens is 326 g/mol. The molecule has 0 aliphatic carbocycles. The van der Waals surface area contributed by atoms with Gasteiger partial charge in [0.1, 0.15) is 12.4 Å². The van der Waals surface area contributed by atoms with Crippen LogP contribution in [0.4, 0.5) is 0 Å². The van der Waals surface area contributed by atoms with Gasteiger partial charge in [-0.1, -0.05) is 54.0 Å². The van der Waals surface area contributed by atoms with Crippen molar-refractivity contribution in [2.24, 2.45) is 0 Å². The van der Waals surface area contributed by atoms with Gasteiger partial charge in [-0.15, -0.1) is 0 Å². The number of benzene rings is 2. The van der Waals surface area contributed by atoms with Gasteiger partial charge in [0.15, 0.2) is 0 Å². The van der Waals surface area contributed by atoms with E-state index in [2.05, 4.69) is 72.3 Å². The van der Waals surface area contributed by atoms with Gasteiger partial charge in [-0.3, -0.25) is 0 Å². The summed E-state index contributed by atoms with van der Waals surface area (Å²) < 4.78 is 7.11. The predicted molar refractivity (Wildman–Crippen MR) is 91.6 cm³/mol. The van der Waals surface area contributed by atoms with E-state index in [1.807, 2.05) is 12.1 Å². The van der Waals surface area contributed by atoms with Crippen molar-refractivity contribution >= 4 is 15.9 Å². The van der Waals surface area contributed by atoms with Crippen LogP contribution in [0.25, 0.3) is 0 Å². The molecule has 0 spiro atoms. The zero-order chi connectivity index (χ0) is 15.2. The van der Waals surface area contributed by atoms with Gasteiger partial charge in [-0.25, -0.2) is 0 Å². The highest BCUT2D eigenvalue weighted by atomic mass is 79.9. The zero-order valence-electron chi connectivity index (χ0n) is 12.8. The molecule has 0 atom stereocenters. The normalized spacial score (nSPS) is 10.9. The summed E-state index contributed by atoms with van der Waals surface area (Å²) in [6, 6.07) is 14.9. The number of aryl methyl sites for hydroxylation is 1. The van der Waals surface area contributed by atoms with E-state index in [1.54, 1.807) is 0 Å². The van der Waals surface area contributed by atoms with Crippen LogP contribution in [0.2, 0.25) is 0 Å². The summed E-state index contributed by atoms with van der Waals surface area (Å²) in [7, 11) is 0. The lowest BCUT2D eigenvalue weighted by molar-refractivity contribution is 0.301. The molecule has 2 aromatic carbocycles. The van der Waals surface area contributed by atoms with E-state index in [1.165, 1.54) is 16.7 Å². The molecule has 0 aromatic heterocycles. The Morgan fingerprint density at radius 1 is 1.10 bits per heavy atom. The van der Waals surface area contributed by atoms with Crippen molar-refractivity contribution < 1.29 is 4.74 Å². The second-order valence-corrected chi connectivity index (χ2v) is 6.42. The Hall–Kier alpha value is -1.32. The smallest absolute Gasteiger partial charge is 0.124 e. The average molecular weight is 348 g/mol. The molecule has 21 heavy (non-hydrogen) atoms. The van der Waals surface area contributed by atoms with Gasteiger partial charge in [-0.2, -0.15) is 0 Å². The summed E-state index contributed by atoms with van der Waals surface area (Å²) in [5.41, 5.74) is 3.66. The summed E-state index contributed by atoms with van der Waals surface area (Å²) >= 11 is 3.53. The Labute approximate surface area is 135 Å². The highest BCUT2D eigenvalue weighted by Crippen LogP contribution is 2.24.